The van der Waals surface area contributed by atoms with Crippen LogP contribution in [0, 0.1) is 0 Å². The lowest BCUT2D eigenvalue weighted by molar-refractivity contribution is -0.118. The number of aryl methyl sites for hydroxylation is 3. The van der Waals surface area contributed by atoms with Crippen LogP contribution in [0.1, 0.15) is 17.7 Å². The summed E-state index contributed by atoms with van der Waals surface area (Å²) in [6.45, 7) is 0.319. The van der Waals surface area contributed by atoms with Crippen LogP contribution in [0.5, 0.6) is 0 Å². The molecule has 0 atom stereocenters. The maximum Gasteiger partial charge on any atom is 0.329 e. The molecule has 0 spiro atoms. The Morgan fingerprint density at radius 2 is 1.88 bits per heavy atom. The van der Waals surface area contributed by atoms with Crippen molar-refractivity contribution in [2.45, 2.75) is 19.4 Å². The van der Waals surface area contributed by atoms with Crippen LogP contribution >= 0.6 is 23.2 Å². The molecular formula is C22H21Cl2N7O3. The minimum absolute atomic E-state index is 0.160. The Hall–Kier alpha value is -3.63. The van der Waals surface area contributed by atoms with Crippen molar-refractivity contribution in [3.05, 3.63) is 78.7 Å². The first-order valence-electron chi connectivity index (χ1n) is 10.3. The number of nitrogens with two attached hydrogens (primary N) is 1. The van der Waals surface area contributed by atoms with Crippen molar-refractivity contribution in [2.75, 3.05) is 4.90 Å². The number of benzene rings is 1. The highest BCUT2D eigenvalue weighted by Gasteiger charge is 2.22. The average Bonchev–Trinajstić information content (AvgIpc) is 3.14. The van der Waals surface area contributed by atoms with E-state index in [0.717, 1.165) is 5.56 Å². The van der Waals surface area contributed by atoms with Crippen LogP contribution in [0.25, 0.3) is 11.2 Å². The van der Waals surface area contributed by atoms with Gasteiger partial charge >= 0.3 is 5.69 Å². The van der Waals surface area contributed by atoms with Crippen LogP contribution in [-0.2, 0) is 31.9 Å². The first-order valence-corrected chi connectivity index (χ1v) is 11.0. The maximum absolute atomic E-state index is 12.6. The Morgan fingerprint density at radius 3 is 2.59 bits per heavy atom. The van der Waals surface area contributed by atoms with Gasteiger partial charge in [-0.25, -0.2) is 4.79 Å². The summed E-state index contributed by atoms with van der Waals surface area (Å²) in [5.41, 5.74) is 6.89. The number of nitrogens with zero attached hydrogens (tertiary/aromatic N) is 5. The number of anilines is 2. The molecule has 0 unspecified atom stereocenters. The molecule has 0 aliphatic rings. The number of carbonyl (C=O) groups excluding carboxylic acids is 1. The predicted octanol–water partition coefficient (Wildman–Crippen LogP) is 2.42. The third-order valence-electron chi connectivity index (χ3n) is 5.42. The third-order valence-corrected chi connectivity index (χ3v) is 6.16. The van der Waals surface area contributed by atoms with Crippen LogP contribution in [0.15, 0.2) is 46.1 Å². The minimum atomic E-state index is -0.559. The van der Waals surface area contributed by atoms with Gasteiger partial charge in [-0.3, -0.25) is 24.1 Å². The van der Waals surface area contributed by atoms with Crippen molar-refractivity contribution < 1.29 is 4.79 Å². The van der Waals surface area contributed by atoms with Gasteiger partial charge in [0.2, 0.25) is 11.9 Å². The van der Waals surface area contributed by atoms with Crippen molar-refractivity contribution in [1.82, 2.24) is 24.1 Å². The van der Waals surface area contributed by atoms with E-state index in [-0.39, 0.29) is 17.6 Å². The van der Waals surface area contributed by atoms with Crippen molar-refractivity contribution in [2.24, 2.45) is 19.8 Å². The molecule has 3 heterocycles. The summed E-state index contributed by atoms with van der Waals surface area (Å²) >= 11 is 12.3. The number of aromatic nitrogens is 5. The number of amides is 1. The Morgan fingerprint density at radius 1 is 1.12 bits per heavy atom. The van der Waals surface area contributed by atoms with Crippen molar-refractivity contribution in [3.8, 4) is 0 Å². The number of hydrogen-bond donors (Lipinski definition) is 2. The summed E-state index contributed by atoms with van der Waals surface area (Å²) in [7, 11) is 3.23. The number of aromatic amines is 1. The van der Waals surface area contributed by atoms with E-state index >= 15 is 0 Å². The van der Waals surface area contributed by atoms with Gasteiger partial charge in [-0.2, -0.15) is 4.98 Å². The molecule has 12 heteroatoms. The number of primary amides is 1. The molecule has 0 aliphatic heterocycles. The standard InChI is InChI=1S/C22H21Cl2N7O3/c1-29-18-19(30(2)22(34)28-20(18)33)27-21(29)31(11-12-3-5-15(23)16(24)9-12)14-7-8-26-13(10-14)4-6-17(25)32/h3,5,7-10H,4,6,11H2,1-2H3,(H2,25,32)(H,28,33,34). The Labute approximate surface area is 203 Å². The molecule has 34 heavy (non-hydrogen) atoms. The molecular weight excluding hydrogens is 481 g/mol. The smallest absolute Gasteiger partial charge is 0.329 e. The molecule has 0 radical (unpaired) electrons. The first kappa shape index (κ1) is 23.5. The van der Waals surface area contributed by atoms with Gasteiger partial charge in [0, 0.05) is 38.1 Å². The van der Waals surface area contributed by atoms with E-state index in [1.54, 1.807) is 36.0 Å². The number of carbonyl (C=O) groups is 1. The van der Waals surface area contributed by atoms with E-state index < -0.39 is 17.2 Å². The van der Waals surface area contributed by atoms with Crippen molar-refractivity contribution >= 4 is 51.9 Å². The zero-order valence-corrected chi connectivity index (χ0v) is 19.9. The van der Waals surface area contributed by atoms with Crippen LogP contribution in [-0.4, -0.2) is 30.0 Å². The van der Waals surface area contributed by atoms with Gasteiger partial charge in [0.15, 0.2) is 11.2 Å². The zero-order chi connectivity index (χ0) is 24.6. The van der Waals surface area contributed by atoms with E-state index in [1.165, 1.54) is 11.6 Å². The summed E-state index contributed by atoms with van der Waals surface area (Å²) in [4.78, 5) is 49.0. The van der Waals surface area contributed by atoms with Gasteiger partial charge < -0.3 is 15.2 Å². The van der Waals surface area contributed by atoms with Gasteiger partial charge in [0.1, 0.15) is 0 Å². The fourth-order valence-electron chi connectivity index (χ4n) is 3.66. The number of halogens is 2. The molecule has 0 saturated carbocycles. The highest BCUT2D eigenvalue weighted by Crippen LogP contribution is 2.30. The summed E-state index contributed by atoms with van der Waals surface area (Å²) in [6, 6.07) is 8.89. The quantitative estimate of drug-likeness (QED) is 0.399. The van der Waals surface area contributed by atoms with Crippen molar-refractivity contribution in [1.29, 1.82) is 0 Å². The molecule has 0 bridgehead atoms. The molecule has 10 nitrogen and oxygen atoms in total. The molecule has 3 aromatic heterocycles. The lowest BCUT2D eigenvalue weighted by Crippen LogP contribution is -2.29. The predicted molar refractivity (Wildman–Crippen MR) is 131 cm³/mol. The second kappa shape index (κ2) is 9.32. The second-order valence-corrected chi connectivity index (χ2v) is 8.58. The van der Waals surface area contributed by atoms with Crippen LogP contribution in [0.3, 0.4) is 0 Å². The minimum Gasteiger partial charge on any atom is -0.370 e. The maximum atomic E-state index is 12.6. The SMILES string of the molecule is Cn1c(N(Cc2ccc(Cl)c(Cl)c2)c2ccnc(CCC(N)=O)c2)nc2c1c(=O)[nH]c(=O)n2C. The summed E-state index contributed by atoms with van der Waals surface area (Å²) in [5, 5.41) is 0.832. The molecule has 4 aromatic rings. The molecule has 3 N–H and O–H groups in total. The lowest BCUT2D eigenvalue weighted by Gasteiger charge is -2.24. The van der Waals surface area contributed by atoms with Gasteiger partial charge in [0.25, 0.3) is 5.56 Å². The van der Waals surface area contributed by atoms with Gasteiger partial charge in [0.05, 0.1) is 16.6 Å². The largest absolute Gasteiger partial charge is 0.370 e. The first-order chi connectivity index (χ1) is 16.2. The lowest BCUT2D eigenvalue weighted by atomic mass is 10.1. The molecule has 0 aliphatic carbocycles. The van der Waals surface area contributed by atoms with Crippen LogP contribution in [0.2, 0.25) is 10.0 Å². The van der Waals surface area contributed by atoms with E-state index in [0.29, 0.717) is 40.3 Å². The van der Waals surface area contributed by atoms with E-state index in [9.17, 15) is 14.4 Å². The monoisotopic (exact) mass is 501 g/mol. The van der Waals surface area contributed by atoms with Gasteiger partial charge in [-0.15, -0.1) is 0 Å². The Kier molecular flexibility index (Phi) is 6.45. The number of pyridine rings is 1. The number of imidazole rings is 1. The van der Waals surface area contributed by atoms with Crippen molar-refractivity contribution in [3.63, 3.8) is 0 Å². The average molecular weight is 502 g/mol. The Balaban J connectivity index is 1.88. The molecule has 4 rings (SSSR count). The van der Waals surface area contributed by atoms with Crippen LogP contribution in [0.4, 0.5) is 11.6 Å². The van der Waals surface area contributed by atoms with Crippen LogP contribution < -0.4 is 21.9 Å². The highest BCUT2D eigenvalue weighted by molar-refractivity contribution is 6.42. The zero-order valence-electron chi connectivity index (χ0n) is 18.4. The summed E-state index contributed by atoms with van der Waals surface area (Å²) in [6.07, 6.45) is 2.16. The molecule has 1 amide bonds. The third kappa shape index (κ3) is 4.55. The topological polar surface area (TPSA) is 132 Å². The fraction of sp³-hybridized carbons (Fsp3) is 0.227. The number of nitrogens with one attached hydrogen (secondary N) is 1. The highest BCUT2D eigenvalue weighted by atomic mass is 35.5. The van der Waals surface area contributed by atoms with E-state index in [2.05, 4.69) is 15.0 Å². The Bertz CT molecular complexity index is 1520. The molecule has 0 saturated heterocycles. The summed E-state index contributed by atoms with van der Waals surface area (Å²) < 4.78 is 2.90. The molecule has 0 fully saturated rings. The normalized spacial score (nSPS) is 11.2. The second-order valence-electron chi connectivity index (χ2n) is 7.77. The van der Waals surface area contributed by atoms with Gasteiger partial charge in [-0.05, 0) is 36.2 Å². The molecule has 176 valence electrons. The summed E-state index contributed by atoms with van der Waals surface area (Å²) in [5.74, 6) is -0.00446. The van der Waals surface area contributed by atoms with E-state index in [1.807, 2.05) is 17.0 Å². The van der Waals surface area contributed by atoms with E-state index in [4.69, 9.17) is 28.9 Å². The number of fused-ring (bicyclic) bond motifs is 1. The number of hydrogen-bond acceptors (Lipinski definition) is 6. The fourth-order valence-corrected chi connectivity index (χ4v) is 3.98. The van der Waals surface area contributed by atoms with Gasteiger partial charge in [-0.1, -0.05) is 29.3 Å². The number of H-pyrrole nitrogens is 1. The number of rotatable bonds is 7. The molecule has 1 aromatic carbocycles.